The minimum Gasteiger partial charge on any atom is -0.494 e. The van der Waals surface area contributed by atoms with Gasteiger partial charge in [-0.2, -0.15) is 0 Å². The standard InChI is InChI=1S/C20H23ClN2O6S/c1-5-29-16-9-7-15(8-10-16)23(30(4,26)27)13(2)19(24)22-14-6-11-18(21)17(12-14)20(25)28-3/h6-13H,5H2,1-4H3,(H,22,24)/t13-/m0/s1. The van der Waals surface area contributed by atoms with Crippen molar-refractivity contribution in [2.45, 2.75) is 19.9 Å². The quantitative estimate of drug-likeness (QED) is 0.614. The molecular weight excluding hydrogens is 432 g/mol. The first-order chi connectivity index (χ1) is 14.1. The zero-order chi connectivity index (χ0) is 22.5. The van der Waals surface area contributed by atoms with Gasteiger partial charge in [-0.3, -0.25) is 9.10 Å². The lowest BCUT2D eigenvalue weighted by Crippen LogP contribution is -2.45. The molecule has 162 valence electrons. The zero-order valence-corrected chi connectivity index (χ0v) is 18.6. The third kappa shape index (κ3) is 5.64. The van der Waals surface area contributed by atoms with E-state index in [1.807, 2.05) is 6.92 Å². The second-order valence-electron chi connectivity index (χ2n) is 6.34. The van der Waals surface area contributed by atoms with Crippen molar-refractivity contribution in [3.8, 4) is 5.75 Å². The van der Waals surface area contributed by atoms with E-state index < -0.39 is 27.9 Å². The number of methoxy groups -OCH3 is 1. The summed E-state index contributed by atoms with van der Waals surface area (Å²) in [5.74, 6) is -0.660. The van der Waals surface area contributed by atoms with Gasteiger partial charge in [-0.25, -0.2) is 13.2 Å². The zero-order valence-electron chi connectivity index (χ0n) is 17.0. The molecule has 0 spiro atoms. The number of nitrogens with one attached hydrogen (secondary N) is 1. The van der Waals surface area contributed by atoms with Crippen molar-refractivity contribution in [3.05, 3.63) is 53.1 Å². The molecule has 30 heavy (non-hydrogen) atoms. The maximum Gasteiger partial charge on any atom is 0.339 e. The highest BCUT2D eigenvalue weighted by atomic mass is 35.5. The molecule has 10 heteroatoms. The number of nitrogens with zero attached hydrogens (tertiary/aromatic N) is 1. The van der Waals surface area contributed by atoms with Gasteiger partial charge in [0.25, 0.3) is 0 Å². The number of halogens is 1. The van der Waals surface area contributed by atoms with Crippen LogP contribution >= 0.6 is 11.6 Å². The van der Waals surface area contributed by atoms with Gasteiger partial charge in [-0.15, -0.1) is 0 Å². The summed E-state index contributed by atoms with van der Waals surface area (Å²) in [6.45, 7) is 3.78. The Bertz CT molecular complexity index is 1020. The van der Waals surface area contributed by atoms with Gasteiger partial charge in [-0.05, 0) is 56.3 Å². The van der Waals surface area contributed by atoms with Crippen molar-refractivity contribution >= 4 is 44.9 Å². The Balaban J connectivity index is 2.29. The predicted molar refractivity (Wildman–Crippen MR) is 116 cm³/mol. The van der Waals surface area contributed by atoms with Crippen molar-refractivity contribution < 1.29 is 27.5 Å². The average Bonchev–Trinajstić information content (AvgIpc) is 2.69. The number of anilines is 2. The first-order valence-electron chi connectivity index (χ1n) is 8.99. The number of carbonyl (C=O) groups excluding carboxylic acids is 2. The number of rotatable bonds is 8. The Hall–Kier alpha value is -2.78. The average molecular weight is 455 g/mol. The van der Waals surface area contributed by atoms with Crippen molar-refractivity contribution in [2.75, 3.05) is 29.6 Å². The van der Waals surface area contributed by atoms with E-state index in [0.29, 0.717) is 18.0 Å². The van der Waals surface area contributed by atoms with Gasteiger partial charge in [0.15, 0.2) is 0 Å². The molecule has 0 radical (unpaired) electrons. The minimum absolute atomic E-state index is 0.0797. The number of benzene rings is 2. The second-order valence-corrected chi connectivity index (χ2v) is 8.60. The summed E-state index contributed by atoms with van der Waals surface area (Å²) in [4.78, 5) is 24.6. The van der Waals surface area contributed by atoms with Crippen LogP contribution < -0.4 is 14.4 Å². The fourth-order valence-electron chi connectivity index (χ4n) is 2.78. The fraction of sp³-hybridized carbons (Fsp3) is 0.300. The van der Waals surface area contributed by atoms with Gasteiger partial charge in [0.05, 0.1) is 36.2 Å². The van der Waals surface area contributed by atoms with Crippen LogP contribution in [0.25, 0.3) is 0 Å². The highest BCUT2D eigenvalue weighted by molar-refractivity contribution is 7.92. The Morgan fingerprint density at radius 1 is 1.17 bits per heavy atom. The number of esters is 1. The van der Waals surface area contributed by atoms with E-state index >= 15 is 0 Å². The Kier molecular flexibility index (Phi) is 7.69. The van der Waals surface area contributed by atoms with Crippen LogP contribution in [0.1, 0.15) is 24.2 Å². The Morgan fingerprint density at radius 3 is 2.33 bits per heavy atom. The van der Waals surface area contributed by atoms with Gasteiger partial charge >= 0.3 is 5.97 Å². The number of sulfonamides is 1. The minimum atomic E-state index is -3.78. The molecule has 8 nitrogen and oxygen atoms in total. The van der Waals surface area contributed by atoms with Crippen LogP contribution in [-0.4, -0.2) is 46.3 Å². The normalized spacial score (nSPS) is 12.0. The Labute approximate surface area is 180 Å². The summed E-state index contributed by atoms with van der Waals surface area (Å²) in [5.41, 5.74) is 0.669. The van der Waals surface area contributed by atoms with Crippen molar-refractivity contribution in [1.82, 2.24) is 0 Å². The number of hydrogen-bond acceptors (Lipinski definition) is 6. The van der Waals surface area contributed by atoms with Crippen LogP contribution in [0.4, 0.5) is 11.4 Å². The first kappa shape index (κ1) is 23.5. The van der Waals surface area contributed by atoms with Gasteiger partial charge in [0.1, 0.15) is 11.8 Å². The summed E-state index contributed by atoms with van der Waals surface area (Å²) in [6, 6.07) is 9.61. The molecule has 0 saturated carbocycles. The lowest BCUT2D eigenvalue weighted by molar-refractivity contribution is -0.116. The molecule has 0 heterocycles. The molecular formula is C20H23ClN2O6S. The molecule has 1 atom stereocenters. The summed E-state index contributed by atoms with van der Waals surface area (Å²) in [7, 11) is -2.56. The van der Waals surface area contributed by atoms with Crippen LogP contribution in [0.2, 0.25) is 5.02 Å². The molecule has 0 aliphatic rings. The number of hydrogen-bond donors (Lipinski definition) is 1. The number of carbonyl (C=O) groups is 2. The van der Waals surface area contributed by atoms with Gasteiger partial charge < -0.3 is 14.8 Å². The Morgan fingerprint density at radius 2 is 1.80 bits per heavy atom. The first-order valence-corrected chi connectivity index (χ1v) is 11.2. The van der Waals surface area contributed by atoms with Crippen molar-refractivity contribution in [2.24, 2.45) is 0 Å². The monoisotopic (exact) mass is 454 g/mol. The molecule has 2 aromatic rings. The third-order valence-corrected chi connectivity index (χ3v) is 5.70. The number of amides is 1. The molecule has 1 N–H and O–H groups in total. The maximum absolute atomic E-state index is 12.8. The highest BCUT2D eigenvalue weighted by Gasteiger charge is 2.29. The van der Waals surface area contributed by atoms with E-state index in [9.17, 15) is 18.0 Å². The van der Waals surface area contributed by atoms with E-state index in [1.165, 1.54) is 32.2 Å². The third-order valence-electron chi connectivity index (χ3n) is 4.13. The molecule has 0 bridgehead atoms. The van der Waals surface area contributed by atoms with Crippen LogP contribution in [0.3, 0.4) is 0 Å². The van der Waals surface area contributed by atoms with Crippen LogP contribution in [0, 0.1) is 0 Å². The molecule has 1 amide bonds. The topological polar surface area (TPSA) is 102 Å². The smallest absolute Gasteiger partial charge is 0.339 e. The lowest BCUT2D eigenvalue weighted by Gasteiger charge is -2.28. The molecule has 0 aliphatic heterocycles. The fourth-order valence-corrected chi connectivity index (χ4v) is 4.15. The maximum atomic E-state index is 12.8. The van der Waals surface area contributed by atoms with E-state index in [0.717, 1.165) is 10.6 Å². The molecule has 0 fully saturated rings. The second kappa shape index (κ2) is 9.82. The SMILES string of the molecule is CCOc1ccc(N([C@@H](C)C(=O)Nc2ccc(Cl)c(C(=O)OC)c2)S(C)(=O)=O)cc1. The van der Waals surface area contributed by atoms with Crippen LogP contribution in [0.15, 0.2) is 42.5 Å². The van der Waals surface area contributed by atoms with Crippen LogP contribution in [-0.2, 0) is 19.6 Å². The van der Waals surface area contributed by atoms with E-state index in [-0.39, 0.29) is 16.3 Å². The van der Waals surface area contributed by atoms with Crippen molar-refractivity contribution in [3.63, 3.8) is 0 Å². The molecule has 2 rings (SSSR count). The molecule has 2 aromatic carbocycles. The van der Waals surface area contributed by atoms with Gasteiger partial charge in [-0.1, -0.05) is 11.6 Å². The largest absolute Gasteiger partial charge is 0.494 e. The van der Waals surface area contributed by atoms with E-state index in [2.05, 4.69) is 10.1 Å². The van der Waals surface area contributed by atoms with Crippen LogP contribution in [0.5, 0.6) is 5.75 Å². The summed E-state index contributed by atoms with van der Waals surface area (Å²) < 4.78 is 35.8. The van der Waals surface area contributed by atoms with Gasteiger partial charge in [0.2, 0.25) is 15.9 Å². The molecule has 0 aromatic heterocycles. The van der Waals surface area contributed by atoms with E-state index in [1.54, 1.807) is 24.3 Å². The molecule has 0 saturated heterocycles. The van der Waals surface area contributed by atoms with Gasteiger partial charge in [0, 0.05) is 5.69 Å². The summed E-state index contributed by atoms with van der Waals surface area (Å²) in [5, 5.41) is 2.77. The van der Waals surface area contributed by atoms with Crippen molar-refractivity contribution in [1.29, 1.82) is 0 Å². The predicted octanol–water partition coefficient (Wildman–Crippen LogP) is 3.32. The summed E-state index contributed by atoms with van der Waals surface area (Å²) in [6.07, 6.45) is 1.02. The number of ether oxygens (including phenoxy) is 2. The molecule has 0 aliphatic carbocycles. The molecule has 0 unspecified atom stereocenters. The lowest BCUT2D eigenvalue weighted by atomic mass is 10.2. The summed E-state index contributed by atoms with van der Waals surface area (Å²) >= 11 is 5.98. The highest BCUT2D eigenvalue weighted by Crippen LogP contribution is 2.25. The van der Waals surface area contributed by atoms with E-state index in [4.69, 9.17) is 16.3 Å².